The molecule has 0 aromatic heterocycles. The van der Waals surface area contributed by atoms with Crippen LogP contribution in [0.5, 0.6) is 11.5 Å². The molecule has 1 saturated heterocycles. The van der Waals surface area contributed by atoms with E-state index in [-0.39, 0.29) is 17.7 Å². The lowest BCUT2D eigenvalue weighted by Gasteiger charge is -2.29. The zero-order chi connectivity index (χ0) is 15.0. The van der Waals surface area contributed by atoms with E-state index >= 15 is 0 Å². The molecule has 3 N–H and O–H groups in total. The minimum absolute atomic E-state index is 0.00309. The summed E-state index contributed by atoms with van der Waals surface area (Å²) in [6, 6.07) is 5.01. The van der Waals surface area contributed by atoms with Gasteiger partial charge in [0.2, 0.25) is 0 Å². The minimum atomic E-state index is -0.0328. The van der Waals surface area contributed by atoms with E-state index in [1.54, 1.807) is 12.1 Å². The molecule has 0 radical (unpaired) electrons. The van der Waals surface area contributed by atoms with Gasteiger partial charge in [-0.1, -0.05) is 6.42 Å². The van der Waals surface area contributed by atoms with Gasteiger partial charge in [-0.3, -0.25) is 4.79 Å². The number of phenolic OH excluding ortho intramolecular Hbond substituents is 1. The van der Waals surface area contributed by atoms with E-state index in [1.165, 1.54) is 13.2 Å². The molecule has 1 aromatic carbocycles. The number of nitrogens with zero attached hydrogens (tertiary/aromatic N) is 1. The molecule has 1 heterocycles. The Kier molecular flexibility index (Phi) is 3.76. The molecule has 3 rings (SSSR count). The highest BCUT2D eigenvalue weighted by Crippen LogP contribution is 2.36. The lowest BCUT2D eigenvalue weighted by atomic mass is 9.78. The average Bonchev–Trinajstić information content (AvgIpc) is 2.92. The fraction of sp³-hybridized carbons (Fsp3) is 0.562. The first-order valence-corrected chi connectivity index (χ1v) is 7.52. The highest BCUT2D eigenvalue weighted by Gasteiger charge is 2.40. The number of rotatable bonds is 2. The Bertz CT molecular complexity index is 546. The van der Waals surface area contributed by atoms with Crippen molar-refractivity contribution in [3.63, 3.8) is 0 Å². The van der Waals surface area contributed by atoms with Crippen LogP contribution in [0.4, 0.5) is 0 Å². The van der Waals surface area contributed by atoms with Crippen molar-refractivity contribution in [2.45, 2.75) is 25.3 Å². The maximum absolute atomic E-state index is 12.6. The molecule has 1 aliphatic heterocycles. The Morgan fingerprint density at radius 3 is 2.86 bits per heavy atom. The Hall–Kier alpha value is -1.75. The van der Waals surface area contributed by atoms with Crippen molar-refractivity contribution < 1.29 is 14.6 Å². The first kappa shape index (κ1) is 14.2. The van der Waals surface area contributed by atoms with Crippen molar-refractivity contribution in [1.82, 2.24) is 4.90 Å². The van der Waals surface area contributed by atoms with Crippen molar-refractivity contribution in [1.29, 1.82) is 0 Å². The van der Waals surface area contributed by atoms with Gasteiger partial charge >= 0.3 is 0 Å². The van der Waals surface area contributed by atoms with Crippen LogP contribution >= 0.6 is 0 Å². The topological polar surface area (TPSA) is 75.8 Å². The van der Waals surface area contributed by atoms with Gasteiger partial charge in [0.1, 0.15) is 0 Å². The largest absolute Gasteiger partial charge is 0.504 e. The summed E-state index contributed by atoms with van der Waals surface area (Å²) in [5.41, 5.74) is 6.69. The smallest absolute Gasteiger partial charge is 0.254 e. The fourth-order valence-electron chi connectivity index (χ4n) is 3.69. The summed E-state index contributed by atoms with van der Waals surface area (Å²) >= 11 is 0. The second-order valence-electron chi connectivity index (χ2n) is 6.12. The van der Waals surface area contributed by atoms with Crippen LogP contribution < -0.4 is 10.5 Å². The highest BCUT2D eigenvalue weighted by atomic mass is 16.5. The zero-order valence-corrected chi connectivity index (χ0v) is 12.3. The number of nitrogens with two attached hydrogens (primary N) is 1. The molecule has 3 atom stereocenters. The molecular formula is C16H22N2O3. The second kappa shape index (κ2) is 5.56. The number of aromatic hydroxyl groups is 1. The summed E-state index contributed by atoms with van der Waals surface area (Å²) in [6.07, 6.45) is 3.39. The van der Waals surface area contributed by atoms with E-state index in [2.05, 4.69) is 0 Å². The van der Waals surface area contributed by atoms with Crippen LogP contribution in [0.1, 0.15) is 29.6 Å². The van der Waals surface area contributed by atoms with Gasteiger partial charge in [-0.05, 0) is 42.9 Å². The van der Waals surface area contributed by atoms with E-state index in [1.807, 2.05) is 4.90 Å². The maximum Gasteiger partial charge on any atom is 0.254 e. The molecule has 114 valence electrons. The SMILES string of the molecule is COc1ccc(C(=O)N2CC3CCCC(N)C3C2)cc1O. The van der Waals surface area contributed by atoms with E-state index in [0.717, 1.165) is 32.4 Å². The standard InChI is InChI=1S/C16H22N2O3/c1-21-15-6-5-10(7-14(15)19)16(20)18-8-11-3-2-4-13(17)12(11)9-18/h5-7,11-13,19H,2-4,8-9,17H2,1H3. The van der Waals surface area contributed by atoms with Crippen molar-refractivity contribution in [3.8, 4) is 11.5 Å². The fourth-order valence-corrected chi connectivity index (χ4v) is 3.69. The molecule has 3 unspecified atom stereocenters. The molecule has 2 fully saturated rings. The van der Waals surface area contributed by atoms with Gasteiger partial charge in [0, 0.05) is 24.7 Å². The molecule has 5 nitrogen and oxygen atoms in total. The van der Waals surface area contributed by atoms with Crippen molar-refractivity contribution >= 4 is 5.91 Å². The molecule has 1 aromatic rings. The number of benzene rings is 1. The predicted molar refractivity (Wildman–Crippen MR) is 79.4 cm³/mol. The van der Waals surface area contributed by atoms with Gasteiger partial charge < -0.3 is 20.5 Å². The number of fused-ring (bicyclic) bond motifs is 1. The van der Waals surface area contributed by atoms with Gasteiger partial charge in [0.05, 0.1) is 7.11 Å². The monoisotopic (exact) mass is 290 g/mol. The summed E-state index contributed by atoms with van der Waals surface area (Å²) in [5.74, 6) is 1.30. The number of phenols is 1. The Morgan fingerprint density at radius 1 is 1.38 bits per heavy atom. The molecule has 2 aliphatic rings. The Balaban J connectivity index is 1.75. The predicted octanol–water partition coefficient (Wildman–Crippen LogP) is 1.60. The Labute approximate surface area is 124 Å². The molecular weight excluding hydrogens is 268 g/mol. The number of amides is 1. The summed E-state index contributed by atoms with van der Waals surface area (Å²) in [4.78, 5) is 14.5. The molecule has 5 heteroatoms. The number of hydrogen-bond donors (Lipinski definition) is 2. The molecule has 1 amide bonds. The number of carbonyl (C=O) groups excluding carboxylic acids is 1. The van der Waals surface area contributed by atoms with Gasteiger partial charge in [0.15, 0.2) is 11.5 Å². The van der Waals surface area contributed by atoms with E-state index in [0.29, 0.717) is 23.1 Å². The minimum Gasteiger partial charge on any atom is -0.504 e. The highest BCUT2D eigenvalue weighted by molar-refractivity contribution is 5.95. The van der Waals surface area contributed by atoms with Crippen LogP contribution in [0.25, 0.3) is 0 Å². The number of hydrogen-bond acceptors (Lipinski definition) is 4. The number of likely N-dealkylation sites (tertiary alicyclic amines) is 1. The van der Waals surface area contributed by atoms with E-state index in [9.17, 15) is 9.90 Å². The number of carbonyl (C=O) groups is 1. The number of ether oxygens (including phenoxy) is 1. The molecule has 1 saturated carbocycles. The van der Waals surface area contributed by atoms with E-state index < -0.39 is 0 Å². The van der Waals surface area contributed by atoms with Crippen LogP contribution in [0.15, 0.2) is 18.2 Å². The van der Waals surface area contributed by atoms with Gasteiger partial charge in [-0.2, -0.15) is 0 Å². The number of methoxy groups -OCH3 is 1. The van der Waals surface area contributed by atoms with Crippen LogP contribution in [-0.2, 0) is 0 Å². The third kappa shape index (κ3) is 2.58. The van der Waals surface area contributed by atoms with Gasteiger partial charge in [0.25, 0.3) is 5.91 Å². The van der Waals surface area contributed by atoms with Crippen LogP contribution in [0.3, 0.4) is 0 Å². The maximum atomic E-state index is 12.6. The van der Waals surface area contributed by atoms with Crippen molar-refractivity contribution in [3.05, 3.63) is 23.8 Å². The molecule has 0 bridgehead atoms. The first-order valence-electron chi connectivity index (χ1n) is 7.52. The second-order valence-corrected chi connectivity index (χ2v) is 6.12. The quantitative estimate of drug-likeness (QED) is 0.867. The first-order chi connectivity index (χ1) is 10.1. The van der Waals surface area contributed by atoms with Gasteiger partial charge in [-0.15, -0.1) is 0 Å². The normalized spacial score (nSPS) is 28.3. The zero-order valence-electron chi connectivity index (χ0n) is 12.3. The Morgan fingerprint density at radius 2 is 2.19 bits per heavy atom. The summed E-state index contributed by atoms with van der Waals surface area (Å²) in [7, 11) is 1.49. The summed E-state index contributed by atoms with van der Waals surface area (Å²) < 4.78 is 5.00. The lowest BCUT2D eigenvalue weighted by Crippen LogP contribution is -2.38. The average molecular weight is 290 g/mol. The third-order valence-corrected chi connectivity index (χ3v) is 4.87. The molecule has 1 aliphatic carbocycles. The van der Waals surface area contributed by atoms with Crippen LogP contribution in [0.2, 0.25) is 0 Å². The molecule has 21 heavy (non-hydrogen) atoms. The van der Waals surface area contributed by atoms with Crippen LogP contribution in [-0.4, -0.2) is 42.2 Å². The van der Waals surface area contributed by atoms with Crippen molar-refractivity contribution in [2.24, 2.45) is 17.6 Å². The van der Waals surface area contributed by atoms with Gasteiger partial charge in [-0.25, -0.2) is 0 Å². The summed E-state index contributed by atoms with van der Waals surface area (Å²) in [5, 5.41) is 9.82. The molecule has 0 spiro atoms. The lowest BCUT2D eigenvalue weighted by molar-refractivity contribution is 0.0783. The van der Waals surface area contributed by atoms with E-state index in [4.69, 9.17) is 10.5 Å². The third-order valence-electron chi connectivity index (χ3n) is 4.87. The van der Waals surface area contributed by atoms with Crippen molar-refractivity contribution in [2.75, 3.05) is 20.2 Å². The summed E-state index contributed by atoms with van der Waals surface area (Å²) in [6.45, 7) is 1.52. The van der Waals surface area contributed by atoms with Crippen LogP contribution in [0, 0.1) is 11.8 Å².